The zero-order valence-electron chi connectivity index (χ0n) is 17.5. The SMILES string of the molecule is CC(C)(C)OC(=O)N1CCC(CN2CC3(C2)CN(c2ccc(N)cc2)C3)CC1. The van der Waals surface area contributed by atoms with Gasteiger partial charge in [-0.05, 0) is 63.8 Å². The Hall–Kier alpha value is -1.95. The number of piperidine rings is 1. The number of rotatable bonds is 3. The van der Waals surface area contributed by atoms with Gasteiger partial charge in [-0.25, -0.2) is 4.79 Å². The lowest BCUT2D eigenvalue weighted by atomic mass is 9.72. The summed E-state index contributed by atoms with van der Waals surface area (Å²) < 4.78 is 5.49. The number of hydrogen-bond donors (Lipinski definition) is 1. The second-order valence-electron chi connectivity index (χ2n) is 10.0. The molecule has 0 unspecified atom stereocenters. The molecule has 1 aromatic rings. The van der Waals surface area contributed by atoms with Crippen molar-refractivity contribution in [1.29, 1.82) is 0 Å². The molecule has 0 radical (unpaired) electrons. The van der Waals surface area contributed by atoms with Crippen molar-refractivity contribution < 1.29 is 9.53 Å². The summed E-state index contributed by atoms with van der Waals surface area (Å²) >= 11 is 0. The molecule has 3 saturated heterocycles. The minimum absolute atomic E-state index is 0.161. The van der Waals surface area contributed by atoms with E-state index in [0.29, 0.717) is 11.3 Å². The summed E-state index contributed by atoms with van der Waals surface area (Å²) in [7, 11) is 0. The Kier molecular flexibility index (Phi) is 4.94. The number of nitrogens with zero attached hydrogens (tertiary/aromatic N) is 3. The summed E-state index contributed by atoms with van der Waals surface area (Å²) in [6, 6.07) is 8.21. The molecule has 2 N–H and O–H groups in total. The Morgan fingerprint density at radius 3 is 2.29 bits per heavy atom. The van der Waals surface area contributed by atoms with Crippen molar-refractivity contribution in [2.24, 2.45) is 11.3 Å². The van der Waals surface area contributed by atoms with Crippen molar-refractivity contribution in [3.05, 3.63) is 24.3 Å². The molecule has 3 aliphatic heterocycles. The van der Waals surface area contributed by atoms with E-state index in [0.717, 1.165) is 44.7 Å². The second kappa shape index (κ2) is 7.14. The van der Waals surface area contributed by atoms with Gasteiger partial charge in [-0.15, -0.1) is 0 Å². The molecule has 3 aliphatic rings. The van der Waals surface area contributed by atoms with Crippen LogP contribution >= 0.6 is 0 Å². The van der Waals surface area contributed by atoms with Crippen molar-refractivity contribution in [3.8, 4) is 0 Å². The smallest absolute Gasteiger partial charge is 0.410 e. The van der Waals surface area contributed by atoms with Gasteiger partial charge in [0.05, 0.1) is 0 Å². The van der Waals surface area contributed by atoms with E-state index in [9.17, 15) is 4.79 Å². The third kappa shape index (κ3) is 4.22. The van der Waals surface area contributed by atoms with E-state index in [1.165, 1.54) is 25.3 Å². The molecule has 0 bridgehead atoms. The van der Waals surface area contributed by atoms with Crippen LogP contribution in [-0.2, 0) is 4.74 Å². The third-order valence-corrected chi connectivity index (χ3v) is 6.21. The number of amides is 1. The summed E-state index contributed by atoms with van der Waals surface area (Å²) in [6.07, 6.45) is 2.01. The van der Waals surface area contributed by atoms with Gasteiger partial charge in [0, 0.05) is 62.6 Å². The number of anilines is 2. The summed E-state index contributed by atoms with van der Waals surface area (Å²) in [5.74, 6) is 0.698. The highest BCUT2D eigenvalue weighted by Crippen LogP contribution is 2.42. The van der Waals surface area contributed by atoms with Crippen LogP contribution in [0.5, 0.6) is 0 Å². The number of carbonyl (C=O) groups excluding carboxylic acids is 1. The maximum atomic E-state index is 12.2. The first-order valence-electron chi connectivity index (χ1n) is 10.5. The number of nitrogens with two attached hydrogens (primary N) is 1. The van der Waals surface area contributed by atoms with E-state index in [1.807, 2.05) is 37.8 Å². The molecule has 1 aromatic carbocycles. The van der Waals surface area contributed by atoms with Gasteiger partial charge in [0.1, 0.15) is 5.60 Å². The Labute approximate surface area is 168 Å². The number of carbonyl (C=O) groups is 1. The zero-order chi connectivity index (χ0) is 19.9. The van der Waals surface area contributed by atoms with Crippen LogP contribution in [-0.4, -0.2) is 67.3 Å². The monoisotopic (exact) mass is 386 g/mol. The summed E-state index contributed by atoms with van der Waals surface area (Å²) in [6.45, 7) is 13.3. The van der Waals surface area contributed by atoms with Crippen molar-refractivity contribution in [2.75, 3.05) is 56.4 Å². The first-order valence-corrected chi connectivity index (χ1v) is 10.5. The molecular weight excluding hydrogens is 352 g/mol. The number of benzene rings is 1. The fraction of sp³-hybridized carbons (Fsp3) is 0.682. The van der Waals surface area contributed by atoms with Gasteiger partial charge in [0.2, 0.25) is 0 Å². The highest BCUT2D eigenvalue weighted by Gasteiger charge is 2.51. The molecule has 0 saturated carbocycles. The van der Waals surface area contributed by atoms with Crippen molar-refractivity contribution >= 4 is 17.5 Å². The second-order valence-corrected chi connectivity index (χ2v) is 10.0. The van der Waals surface area contributed by atoms with Crippen LogP contribution in [0.15, 0.2) is 24.3 Å². The van der Waals surface area contributed by atoms with Gasteiger partial charge < -0.3 is 25.2 Å². The molecule has 0 aliphatic carbocycles. The van der Waals surface area contributed by atoms with Gasteiger partial charge >= 0.3 is 6.09 Å². The lowest BCUT2D eigenvalue weighted by molar-refractivity contribution is -0.0368. The van der Waals surface area contributed by atoms with Crippen LogP contribution in [0.3, 0.4) is 0 Å². The maximum absolute atomic E-state index is 12.2. The van der Waals surface area contributed by atoms with Crippen LogP contribution in [0.1, 0.15) is 33.6 Å². The lowest BCUT2D eigenvalue weighted by Gasteiger charge is -2.61. The average molecular weight is 387 g/mol. The molecule has 28 heavy (non-hydrogen) atoms. The highest BCUT2D eigenvalue weighted by molar-refractivity contribution is 5.68. The minimum Gasteiger partial charge on any atom is -0.444 e. The van der Waals surface area contributed by atoms with Crippen molar-refractivity contribution in [3.63, 3.8) is 0 Å². The predicted molar refractivity (Wildman–Crippen MR) is 112 cm³/mol. The number of hydrogen-bond acceptors (Lipinski definition) is 5. The molecule has 6 heteroatoms. The number of nitrogen functional groups attached to an aromatic ring is 1. The largest absolute Gasteiger partial charge is 0.444 e. The maximum Gasteiger partial charge on any atom is 0.410 e. The van der Waals surface area contributed by atoms with Crippen LogP contribution in [0, 0.1) is 11.3 Å². The Bertz CT molecular complexity index is 690. The predicted octanol–water partition coefficient (Wildman–Crippen LogP) is 3.04. The Morgan fingerprint density at radius 2 is 1.71 bits per heavy atom. The highest BCUT2D eigenvalue weighted by atomic mass is 16.6. The quantitative estimate of drug-likeness (QED) is 0.809. The molecule has 3 heterocycles. The van der Waals surface area contributed by atoms with E-state index in [2.05, 4.69) is 21.9 Å². The molecule has 1 amide bonds. The van der Waals surface area contributed by atoms with Crippen LogP contribution < -0.4 is 10.6 Å². The van der Waals surface area contributed by atoms with Gasteiger partial charge in [-0.2, -0.15) is 0 Å². The van der Waals surface area contributed by atoms with Gasteiger partial charge in [0.15, 0.2) is 0 Å². The summed E-state index contributed by atoms with van der Waals surface area (Å²) in [5, 5.41) is 0. The fourth-order valence-electron chi connectivity index (χ4n) is 4.85. The van der Waals surface area contributed by atoms with E-state index >= 15 is 0 Å². The third-order valence-electron chi connectivity index (χ3n) is 6.21. The first-order chi connectivity index (χ1) is 13.2. The van der Waals surface area contributed by atoms with Crippen molar-refractivity contribution in [2.45, 2.75) is 39.2 Å². The summed E-state index contributed by atoms with van der Waals surface area (Å²) in [4.78, 5) is 19.1. The van der Waals surface area contributed by atoms with Crippen molar-refractivity contribution in [1.82, 2.24) is 9.80 Å². The molecular formula is C22H34N4O2. The first kappa shape index (κ1) is 19.4. The van der Waals surface area contributed by atoms with Gasteiger partial charge in [-0.1, -0.05) is 0 Å². The lowest BCUT2D eigenvalue weighted by Crippen LogP contribution is -2.72. The molecule has 0 atom stereocenters. The Balaban J connectivity index is 1.16. The van der Waals surface area contributed by atoms with Crippen LogP contribution in [0.4, 0.5) is 16.2 Å². The average Bonchev–Trinajstić information content (AvgIpc) is 2.56. The normalized spacial score (nSPS) is 22.7. The fourth-order valence-corrected chi connectivity index (χ4v) is 4.85. The van der Waals surface area contributed by atoms with Gasteiger partial charge in [0.25, 0.3) is 0 Å². The van der Waals surface area contributed by atoms with Crippen LogP contribution in [0.25, 0.3) is 0 Å². The molecule has 6 nitrogen and oxygen atoms in total. The van der Waals surface area contributed by atoms with Crippen LogP contribution in [0.2, 0.25) is 0 Å². The molecule has 0 aromatic heterocycles. The minimum atomic E-state index is -0.414. The number of ether oxygens (including phenoxy) is 1. The molecule has 4 rings (SSSR count). The summed E-state index contributed by atoms with van der Waals surface area (Å²) in [5.41, 5.74) is 7.98. The molecule has 3 fully saturated rings. The van der Waals surface area contributed by atoms with E-state index in [4.69, 9.17) is 10.5 Å². The standard InChI is InChI=1S/C22H34N4O2/c1-21(2,3)28-20(27)25-10-8-17(9-11-25)12-24-13-22(14-24)15-26(16-22)19-6-4-18(23)5-7-19/h4-7,17H,8-16,23H2,1-3H3. The van der Waals surface area contributed by atoms with Gasteiger partial charge in [-0.3, -0.25) is 0 Å². The Morgan fingerprint density at radius 1 is 1.11 bits per heavy atom. The van der Waals surface area contributed by atoms with E-state index < -0.39 is 5.60 Å². The molecule has 1 spiro atoms. The van der Waals surface area contributed by atoms with E-state index in [-0.39, 0.29) is 6.09 Å². The zero-order valence-corrected chi connectivity index (χ0v) is 17.5. The van der Waals surface area contributed by atoms with E-state index in [1.54, 1.807) is 0 Å². The molecule has 154 valence electrons. The number of likely N-dealkylation sites (tertiary alicyclic amines) is 2. The topological polar surface area (TPSA) is 62.0 Å².